The standard InChI is InChI=1S/C17H28N2O/c1-14(2)12-19(10-11-20-3)13-17-16-7-5-4-6-15(16)8-9-18-17/h4-7,14,17-18H,8-13H2,1-3H3. The summed E-state index contributed by atoms with van der Waals surface area (Å²) in [6, 6.07) is 9.30. The summed E-state index contributed by atoms with van der Waals surface area (Å²) >= 11 is 0. The summed E-state index contributed by atoms with van der Waals surface area (Å²) in [5, 5.41) is 3.67. The lowest BCUT2D eigenvalue weighted by Crippen LogP contribution is -2.41. The fourth-order valence-corrected chi connectivity index (χ4v) is 3.01. The van der Waals surface area contributed by atoms with Crippen molar-refractivity contribution in [1.29, 1.82) is 0 Å². The molecular formula is C17H28N2O. The third-order valence-electron chi connectivity index (χ3n) is 3.89. The van der Waals surface area contributed by atoms with E-state index in [4.69, 9.17) is 4.74 Å². The molecule has 1 N–H and O–H groups in total. The molecule has 1 aromatic carbocycles. The van der Waals surface area contributed by atoms with Gasteiger partial charge in [-0.3, -0.25) is 4.90 Å². The first kappa shape index (κ1) is 15.5. The SMILES string of the molecule is COCCN(CC(C)C)CC1NCCc2ccccc21. The second-order valence-corrected chi connectivity index (χ2v) is 6.10. The first-order chi connectivity index (χ1) is 9.70. The Balaban J connectivity index is 2.03. The van der Waals surface area contributed by atoms with Gasteiger partial charge in [-0.1, -0.05) is 38.1 Å². The molecule has 1 aliphatic heterocycles. The van der Waals surface area contributed by atoms with Crippen molar-refractivity contribution in [3.63, 3.8) is 0 Å². The van der Waals surface area contributed by atoms with Gasteiger partial charge in [0.15, 0.2) is 0 Å². The summed E-state index contributed by atoms with van der Waals surface area (Å²) in [4.78, 5) is 2.52. The van der Waals surface area contributed by atoms with Gasteiger partial charge in [0.1, 0.15) is 0 Å². The maximum Gasteiger partial charge on any atom is 0.0589 e. The number of nitrogens with one attached hydrogen (secondary N) is 1. The number of nitrogens with zero attached hydrogens (tertiary/aromatic N) is 1. The molecule has 3 nitrogen and oxygen atoms in total. The van der Waals surface area contributed by atoms with Gasteiger partial charge in [-0.25, -0.2) is 0 Å². The number of hydrogen-bond donors (Lipinski definition) is 1. The Morgan fingerprint density at radius 3 is 2.90 bits per heavy atom. The molecule has 0 saturated carbocycles. The molecule has 20 heavy (non-hydrogen) atoms. The topological polar surface area (TPSA) is 24.5 Å². The predicted octanol–water partition coefficient (Wildman–Crippen LogP) is 2.48. The van der Waals surface area contributed by atoms with Crippen LogP contribution in [0.15, 0.2) is 24.3 Å². The molecule has 1 atom stereocenters. The van der Waals surface area contributed by atoms with E-state index in [0.29, 0.717) is 12.0 Å². The minimum atomic E-state index is 0.454. The van der Waals surface area contributed by atoms with Crippen LogP contribution in [0.1, 0.15) is 31.0 Å². The molecule has 0 radical (unpaired) electrons. The predicted molar refractivity (Wildman–Crippen MR) is 84.0 cm³/mol. The van der Waals surface area contributed by atoms with E-state index in [0.717, 1.165) is 39.2 Å². The van der Waals surface area contributed by atoms with Crippen LogP contribution in [0.2, 0.25) is 0 Å². The highest BCUT2D eigenvalue weighted by Crippen LogP contribution is 2.23. The molecule has 1 aliphatic rings. The van der Waals surface area contributed by atoms with E-state index in [1.165, 1.54) is 11.1 Å². The van der Waals surface area contributed by atoms with Crippen LogP contribution in [0, 0.1) is 5.92 Å². The van der Waals surface area contributed by atoms with Crippen LogP contribution in [0.3, 0.4) is 0 Å². The van der Waals surface area contributed by atoms with Gasteiger partial charge in [-0.15, -0.1) is 0 Å². The molecule has 0 aromatic heterocycles. The zero-order valence-electron chi connectivity index (χ0n) is 13.1. The van der Waals surface area contributed by atoms with Crippen LogP contribution in [-0.2, 0) is 11.2 Å². The Hall–Kier alpha value is -0.900. The minimum Gasteiger partial charge on any atom is -0.383 e. The summed E-state index contributed by atoms with van der Waals surface area (Å²) < 4.78 is 5.25. The minimum absolute atomic E-state index is 0.454. The van der Waals surface area contributed by atoms with E-state index in [1.54, 1.807) is 7.11 Å². The second-order valence-electron chi connectivity index (χ2n) is 6.10. The first-order valence-electron chi connectivity index (χ1n) is 7.73. The fourth-order valence-electron chi connectivity index (χ4n) is 3.01. The van der Waals surface area contributed by atoms with Gasteiger partial charge in [-0.2, -0.15) is 0 Å². The van der Waals surface area contributed by atoms with E-state index in [-0.39, 0.29) is 0 Å². The molecule has 3 heteroatoms. The second kappa shape index (κ2) is 7.77. The summed E-state index contributed by atoms with van der Waals surface area (Å²) in [7, 11) is 1.78. The van der Waals surface area contributed by atoms with E-state index >= 15 is 0 Å². The first-order valence-corrected chi connectivity index (χ1v) is 7.73. The van der Waals surface area contributed by atoms with Gasteiger partial charge in [-0.05, 0) is 30.0 Å². The van der Waals surface area contributed by atoms with Crippen LogP contribution in [0.5, 0.6) is 0 Å². The molecule has 0 saturated heterocycles. The summed E-state index contributed by atoms with van der Waals surface area (Å²) in [5.41, 5.74) is 2.98. The van der Waals surface area contributed by atoms with Gasteiger partial charge in [0, 0.05) is 32.8 Å². The van der Waals surface area contributed by atoms with E-state index in [1.807, 2.05) is 0 Å². The van der Waals surface area contributed by atoms with Gasteiger partial charge >= 0.3 is 0 Å². The monoisotopic (exact) mass is 276 g/mol. The highest BCUT2D eigenvalue weighted by molar-refractivity contribution is 5.32. The van der Waals surface area contributed by atoms with Crippen molar-refractivity contribution < 1.29 is 4.74 Å². The molecule has 112 valence electrons. The molecule has 1 heterocycles. The molecule has 1 aromatic rings. The number of benzene rings is 1. The molecule has 0 bridgehead atoms. The number of ether oxygens (including phenoxy) is 1. The molecule has 0 fully saturated rings. The van der Waals surface area contributed by atoms with Crippen molar-refractivity contribution in [1.82, 2.24) is 10.2 Å². The summed E-state index contributed by atoms with van der Waals surface area (Å²) in [6.07, 6.45) is 1.15. The normalized spacial score (nSPS) is 18.6. The Kier molecular flexibility index (Phi) is 6.02. The summed E-state index contributed by atoms with van der Waals surface area (Å²) in [6.45, 7) is 9.66. The molecule has 0 aliphatic carbocycles. The maximum atomic E-state index is 5.25. The molecular weight excluding hydrogens is 248 g/mol. The fraction of sp³-hybridized carbons (Fsp3) is 0.647. The lowest BCUT2D eigenvalue weighted by atomic mass is 9.94. The number of fused-ring (bicyclic) bond motifs is 1. The zero-order valence-corrected chi connectivity index (χ0v) is 13.1. The molecule has 2 rings (SSSR count). The lowest BCUT2D eigenvalue weighted by molar-refractivity contribution is 0.131. The highest BCUT2D eigenvalue weighted by Gasteiger charge is 2.21. The van der Waals surface area contributed by atoms with Crippen LogP contribution in [0.4, 0.5) is 0 Å². The Morgan fingerprint density at radius 2 is 2.15 bits per heavy atom. The van der Waals surface area contributed by atoms with Crippen LogP contribution in [0.25, 0.3) is 0 Å². The largest absolute Gasteiger partial charge is 0.383 e. The average molecular weight is 276 g/mol. The number of rotatable bonds is 7. The van der Waals surface area contributed by atoms with Crippen molar-refractivity contribution in [2.45, 2.75) is 26.3 Å². The summed E-state index contributed by atoms with van der Waals surface area (Å²) in [5.74, 6) is 0.686. The number of methoxy groups -OCH3 is 1. The number of hydrogen-bond acceptors (Lipinski definition) is 3. The van der Waals surface area contributed by atoms with Crippen molar-refractivity contribution in [3.8, 4) is 0 Å². The van der Waals surface area contributed by atoms with Gasteiger partial charge in [0.2, 0.25) is 0 Å². The van der Waals surface area contributed by atoms with Crippen molar-refractivity contribution >= 4 is 0 Å². The molecule has 0 amide bonds. The van der Waals surface area contributed by atoms with Crippen molar-refractivity contribution in [3.05, 3.63) is 35.4 Å². The maximum absolute atomic E-state index is 5.25. The average Bonchev–Trinajstić information content (AvgIpc) is 2.44. The van der Waals surface area contributed by atoms with Gasteiger partial charge in [0.25, 0.3) is 0 Å². The quantitative estimate of drug-likeness (QED) is 0.828. The van der Waals surface area contributed by atoms with Crippen LogP contribution >= 0.6 is 0 Å². The van der Waals surface area contributed by atoms with Crippen molar-refractivity contribution in [2.24, 2.45) is 5.92 Å². The zero-order chi connectivity index (χ0) is 14.4. The highest BCUT2D eigenvalue weighted by atomic mass is 16.5. The third-order valence-corrected chi connectivity index (χ3v) is 3.89. The van der Waals surface area contributed by atoms with E-state index < -0.39 is 0 Å². The van der Waals surface area contributed by atoms with Gasteiger partial charge < -0.3 is 10.1 Å². The lowest BCUT2D eigenvalue weighted by Gasteiger charge is -2.33. The van der Waals surface area contributed by atoms with Crippen LogP contribution in [-0.4, -0.2) is 44.8 Å². The van der Waals surface area contributed by atoms with E-state index in [2.05, 4.69) is 48.3 Å². The van der Waals surface area contributed by atoms with Gasteiger partial charge in [0.05, 0.1) is 6.61 Å². The molecule has 1 unspecified atom stereocenters. The van der Waals surface area contributed by atoms with Crippen molar-refractivity contribution in [2.75, 3.05) is 39.9 Å². The Labute approximate surface area is 123 Å². The van der Waals surface area contributed by atoms with Crippen LogP contribution < -0.4 is 5.32 Å². The Morgan fingerprint density at radius 1 is 1.35 bits per heavy atom. The van der Waals surface area contributed by atoms with E-state index in [9.17, 15) is 0 Å². The third kappa shape index (κ3) is 4.30. The molecule has 0 spiro atoms. The smallest absolute Gasteiger partial charge is 0.0589 e. The Bertz CT molecular complexity index is 406.